The van der Waals surface area contributed by atoms with E-state index in [1.807, 2.05) is 78.9 Å². The largest absolute Gasteiger partial charge is 0.478 e. The normalized spacial score (nSPS) is 13.1. The first-order chi connectivity index (χ1) is 21.5. The number of carboxylic acid groups (broad SMARTS) is 1. The maximum atomic E-state index is 13.3. The molecule has 8 nitrogen and oxygen atoms in total. The Balaban J connectivity index is 1.17. The minimum Gasteiger partial charge on any atom is -0.478 e. The van der Waals surface area contributed by atoms with Crippen molar-refractivity contribution >= 4 is 22.7 Å². The summed E-state index contributed by atoms with van der Waals surface area (Å²) in [6, 6.07) is 37.3. The molecule has 1 aromatic heterocycles. The van der Waals surface area contributed by atoms with Crippen LogP contribution in [0, 0.1) is 0 Å². The number of esters is 1. The number of nitrogens with zero attached hydrogens (tertiary/aromatic N) is 1. The summed E-state index contributed by atoms with van der Waals surface area (Å²) < 4.78 is 18.6. The highest BCUT2D eigenvalue weighted by molar-refractivity contribution is 5.92. The molecule has 0 amide bonds. The van der Waals surface area contributed by atoms with Crippen LogP contribution in [0.2, 0.25) is 0 Å². The molecule has 0 saturated heterocycles. The Bertz CT molecular complexity index is 1960. The van der Waals surface area contributed by atoms with Crippen molar-refractivity contribution in [1.29, 1.82) is 0 Å². The predicted octanol–water partition coefficient (Wildman–Crippen LogP) is 6.94. The van der Waals surface area contributed by atoms with Crippen molar-refractivity contribution in [3.05, 3.63) is 155 Å². The molecule has 0 unspecified atom stereocenters. The van der Waals surface area contributed by atoms with Gasteiger partial charge in [0.05, 0.1) is 11.3 Å². The maximum Gasteiger partial charge on any atom is 0.361 e. The summed E-state index contributed by atoms with van der Waals surface area (Å²) in [4.78, 5) is 25.4. The van der Waals surface area contributed by atoms with Gasteiger partial charge in [0.1, 0.15) is 5.69 Å². The monoisotopic (exact) mass is 582 g/mol. The zero-order valence-corrected chi connectivity index (χ0v) is 23.4. The first kappa shape index (κ1) is 27.0. The average Bonchev–Trinajstić information content (AvgIpc) is 3.71. The molecule has 0 radical (unpaired) electrons. The molecule has 1 aliphatic heterocycles. The zero-order valence-electron chi connectivity index (χ0n) is 23.4. The minimum absolute atomic E-state index is 0.0782. The van der Waals surface area contributed by atoms with E-state index < -0.39 is 17.7 Å². The van der Waals surface area contributed by atoms with E-state index in [4.69, 9.17) is 14.2 Å². The fraction of sp³-hybridized carbons (Fsp3) is 0.0833. The number of carbonyl (C=O) groups excluding carboxylic acids is 1. The van der Waals surface area contributed by atoms with Crippen molar-refractivity contribution in [3.8, 4) is 17.2 Å². The molecule has 2 N–H and O–H groups in total. The number of ether oxygens (including phenoxy) is 3. The van der Waals surface area contributed by atoms with Gasteiger partial charge in [-0.25, -0.2) is 9.59 Å². The summed E-state index contributed by atoms with van der Waals surface area (Å²) in [7, 11) is 0. The van der Waals surface area contributed by atoms with Crippen LogP contribution < -0.4 is 14.2 Å². The Hall–Kier alpha value is -5.89. The Morgan fingerprint density at radius 1 is 0.773 bits per heavy atom. The van der Waals surface area contributed by atoms with Crippen LogP contribution in [0.25, 0.3) is 10.8 Å². The molecule has 6 aromatic rings. The second kappa shape index (κ2) is 11.1. The average molecular weight is 583 g/mol. The maximum absolute atomic E-state index is 13.3. The SMILES string of the molecule is O=C(O)c1cc(OC(=O)c2cc(CCc3cccc4ccccc34)n[nH]2)c2c(c1)OC(c1ccccc1)(c1ccccc1)O2. The van der Waals surface area contributed by atoms with Gasteiger partial charge in [-0.3, -0.25) is 5.10 Å². The lowest BCUT2D eigenvalue weighted by atomic mass is 9.97. The summed E-state index contributed by atoms with van der Waals surface area (Å²) in [5.41, 5.74) is 3.26. The Morgan fingerprint density at radius 2 is 1.45 bits per heavy atom. The number of H-pyrrole nitrogens is 1. The molecule has 0 fully saturated rings. The number of aromatic amines is 1. The summed E-state index contributed by atoms with van der Waals surface area (Å²) in [6.45, 7) is 0. The molecule has 0 spiro atoms. The zero-order chi connectivity index (χ0) is 30.1. The van der Waals surface area contributed by atoms with Gasteiger partial charge in [0.15, 0.2) is 11.5 Å². The quantitative estimate of drug-likeness (QED) is 0.148. The number of hydrogen-bond donors (Lipinski definition) is 2. The van der Waals surface area contributed by atoms with Crippen LogP contribution in [-0.4, -0.2) is 27.2 Å². The third-order valence-corrected chi connectivity index (χ3v) is 7.66. The first-order valence-electron chi connectivity index (χ1n) is 14.1. The van der Waals surface area contributed by atoms with E-state index >= 15 is 0 Å². The van der Waals surface area contributed by atoms with Gasteiger partial charge in [-0.2, -0.15) is 5.10 Å². The van der Waals surface area contributed by atoms with Crippen LogP contribution in [0.5, 0.6) is 17.2 Å². The van der Waals surface area contributed by atoms with E-state index in [2.05, 4.69) is 34.5 Å². The molecule has 0 bridgehead atoms. The highest BCUT2D eigenvalue weighted by Gasteiger charge is 2.47. The van der Waals surface area contributed by atoms with Crippen LogP contribution >= 0.6 is 0 Å². The summed E-state index contributed by atoms with van der Waals surface area (Å²) in [5.74, 6) is -3.19. The van der Waals surface area contributed by atoms with E-state index in [0.29, 0.717) is 23.2 Å². The second-order valence-corrected chi connectivity index (χ2v) is 10.5. The molecule has 44 heavy (non-hydrogen) atoms. The van der Waals surface area contributed by atoms with Crippen LogP contribution in [0.3, 0.4) is 0 Å². The molecule has 5 aromatic carbocycles. The van der Waals surface area contributed by atoms with Crippen molar-refractivity contribution in [1.82, 2.24) is 10.2 Å². The lowest BCUT2D eigenvalue weighted by Crippen LogP contribution is -2.36. The number of aromatic nitrogens is 2. The Labute approximate surface area is 252 Å². The molecule has 1 aliphatic rings. The van der Waals surface area contributed by atoms with Gasteiger partial charge in [-0.1, -0.05) is 103 Å². The third kappa shape index (κ3) is 4.92. The van der Waals surface area contributed by atoms with E-state index in [0.717, 1.165) is 6.42 Å². The van der Waals surface area contributed by atoms with Gasteiger partial charge in [0.2, 0.25) is 5.75 Å². The molecular formula is C36H26N2O6. The van der Waals surface area contributed by atoms with Crippen molar-refractivity contribution in [2.45, 2.75) is 18.6 Å². The number of fused-ring (bicyclic) bond motifs is 2. The minimum atomic E-state index is -1.42. The van der Waals surface area contributed by atoms with E-state index in [9.17, 15) is 14.7 Å². The predicted molar refractivity (Wildman–Crippen MR) is 163 cm³/mol. The van der Waals surface area contributed by atoms with Crippen LogP contribution in [0.1, 0.15) is 43.2 Å². The van der Waals surface area contributed by atoms with Gasteiger partial charge in [-0.05, 0) is 47.4 Å². The lowest BCUT2D eigenvalue weighted by Gasteiger charge is -2.28. The van der Waals surface area contributed by atoms with E-state index in [1.54, 1.807) is 6.07 Å². The fourth-order valence-electron chi connectivity index (χ4n) is 5.51. The fourth-order valence-corrected chi connectivity index (χ4v) is 5.51. The lowest BCUT2D eigenvalue weighted by molar-refractivity contribution is -0.0467. The highest BCUT2D eigenvalue weighted by Crippen LogP contribution is 2.52. The van der Waals surface area contributed by atoms with E-state index in [-0.39, 0.29) is 28.5 Å². The van der Waals surface area contributed by atoms with Crippen LogP contribution in [0.15, 0.2) is 121 Å². The molecule has 0 aliphatic carbocycles. The third-order valence-electron chi connectivity index (χ3n) is 7.66. The number of aryl methyl sites for hydroxylation is 2. The van der Waals surface area contributed by atoms with Gasteiger partial charge in [-0.15, -0.1) is 0 Å². The Morgan fingerprint density at radius 3 is 2.18 bits per heavy atom. The number of hydrogen-bond acceptors (Lipinski definition) is 6. The standard InChI is InChI=1S/C36H26N2O6/c39-34(40)25-20-31(33-32(21-25)43-36(44-33,26-13-3-1-4-14-26)27-15-5-2-6-16-27)42-35(41)30-22-28(37-38-30)19-18-24-12-9-11-23-10-7-8-17-29(23)24/h1-17,20-22H,18-19H2,(H,37,38)(H,39,40). The number of carbonyl (C=O) groups is 2. The van der Waals surface area contributed by atoms with E-state index in [1.165, 1.54) is 28.5 Å². The van der Waals surface area contributed by atoms with Crippen molar-refractivity contribution < 1.29 is 28.9 Å². The molecule has 2 heterocycles. The van der Waals surface area contributed by atoms with Gasteiger partial charge < -0.3 is 19.3 Å². The molecule has 216 valence electrons. The number of benzene rings is 5. The molecule has 0 atom stereocenters. The van der Waals surface area contributed by atoms with Crippen molar-refractivity contribution in [3.63, 3.8) is 0 Å². The van der Waals surface area contributed by atoms with Crippen LogP contribution in [-0.2, 0) is 18.6 Å². The molecule has 0 saturated carbocycles. The van der Waals surface area contributed by atoms with Crippen LogP contribution in [0.4, 0.5) is 0 Å². The number of carboxylic acids is 1. The molecular weight excluding hydrogens is 556 g/mol. The van der Waals surface area contributed by atoms with Crippen molar-refractivity contribution in [2.75, 3.05) is 0 Å². The summed E-state index contributed by atoms with van der Waals surface area (Å²) >= 11 is 0. The second-order valence-electron chi connectivity index (χ2n) is 10.5. The Kier molecular flexibility index (Phi) is 6.79. The van der Waals surface area contributed by atoms with Gasteiger partial charge >= 0.3 is 17.7 Å². The summed E-state index contributed by atoms with van der Waals surface area (Å²) in [5, 5.41) is 19.3. The van der Waals surface area contributed by atoms with Gasteiger partial charge in [0.25, 0.3) is 0 Å². The number of rotatable bonds is 8. The topological polar surface area (TPSA) is 111 Å². The molecule has 7 rings (SSSR count). The van der Waals surface area contributed by atoms with Crippen molar-refractivity contribution in [2.24, 2.45) is 0 Å². The number of aromatic carboxylic acids is 1. The number of nitrogens with one attached hydrogen (secondary N) is 1. The smallest absolute Gasteiger partial charge is 0.361 e. The highest BCUT2D eigenvalue weighted by atomic mass is 16.7. The molecule has 8 heteroatoms. The first-order valence-corrected chi connectivity index (χ1v) is 14.1. The summed E-state index contributed by atoms with van der Waals surface area (Å²) in [6.07, 6.45) is 1.34. The van der Waals surface area contributed by atoms with Gasteiger partial charge in [0, 0.05) is 11.1 Å².